The lowest BCUT2D eigenvalue weighted by Gasteiger charge is -2.20. The number of carbonyl (C=O) groups is 1. The van der Waals surface area contributed by atoms with E-state index in [9.17, 15) is 4.79 Å². The molecule has 0 spiro atoms. The number of hydrogen-bond acceptors (Lipinski definition) is 2. The summed E-state index contributed by atoms with van der Waals surface area (Å²) in [6.07, 6.45) is 12.8. The summed E-state index contributed by atoms with van der Waals surface area (Å²) in [5.74, 6) is 0.0246. The number of nitrogens with zero attached hydrogens (tertiary/aromatic N) is 2. The van der Waals surface area contributed by atoms with Crippen LogP contribution in [-0.4, -0.2) is 20.4 Å². The fraction of sp³-hybridized carbons (Fsp3) is 0.333. The van der Waals surface area contributed by atoms with Crippen molar-refractivity contribution in [2.75, 3.05) is 0 Å². The van der Waals surface area contributed by atoms with Crippen molar-refractivity contribution in [1.29, 1.82) is 0 Å². The van der Waals surface area contributed by atoms with Gasteiger partial charge in [0.25, 0.3) is 0 Å². The molecule has 4 nitrogen and oxygen atoms in total. The Kier molecular flexibility index (Phi) is 2.93. The maximum Gasteiger partial charge on any atom is 0.238 e. The first-order chi connectivity index (χ1) is 10.7. The van der Waals surface area contributed by atoms with Crippen molar-refractivity contribution >= 4 is 18.1 Å². The molecule has 0 radical (unpaired) electrons. The minimum Gasteiger partial charge on any atom is -0.348 e. The number of allylic oxidation sites excluding steroid dienone is 2. The number of aryl methyl sites for hydroxylation is 1. The van der Waals surface area contributed by atoms with E-state index in [-0.39, 0.29) is 11.8 Å². The molecule has 112 valence electrons. The first kappa shape index (κ1) is 13.3. The van der Waals surface area contributed by atoms with E-state index < -0.39 is 0 Å². The molecule has 0 saturated carbocycles. The second kappa shape index (κ2) is 4.83. The summed E-state index contributed by atoms with van der Waals surface area (Å²) in [5.41, 5.74) is 6.72. The predicted molar refractivity (Wildman–Crippen MR) is 86.7 cm³/mol. The Bertz CT molecular complexity index is 820. The van der Waals surface area contributed by atoms with Gasteiger partial charge in [-0.1, -0.05) is 12.2 Å². The Morgan fingerprint density at radius 2 is 2.18 bits per heavy atom. The SMILES string of the molecule is Cc1[nH]cnc1CC1C=Cc2c(C)c3c(n2C1=O)C=CCC3. The number of rotatable bonds is 2. The van der Waals surface area contributed by atoms with Gasteiger partial charge < -0.3 is 4.98 Å². The van der Waals surface area contributed by atoms with Crippen LogP contribution in [0.5, 0.6) is 0 Å². The molecule has 1 atom stereocenters. The molecule has 0 amide bonds. The van der Waals surface area contributed by atoms with Gasteiger partial charge in [0.05, 0.1) is 29.3 Å². The van der Waals surface area contributed by atoms with E-state index in [1.54, 1.807) is 6.33 Å². The molecule has 0 aromatic carbocycles. The predicted octanol–water partition coefficient (Wildman–Crippen LogP) is 3.31. The van der Waals surface area contributed by atoms with Gasteiger partial charge in [0.15, 0.2) is 0 Å². The average molecular weight is 293 g/mol. The van der Waals surface area contributed by atoms with E-state index in [0.29, 0.717) is 6.42 Å². The maximum absolute atomic E-state index is 13.0. The van der Waals surface area contributed by atoms with Crippen LogP contribution in [-0.2, 0) is 12.8 Å². The van der Waals surface area contributed by atoms with Crippen molar-refractivity contribution in [3.05, 3.63) is 52.4 Å². The van der Waals surface area contributed by atoms with Crippen LogP contribution >= 0.6 is 0 Å². The molecule has 1 N–H and O–H groups in total. The van der Waals surface area contributed by atoms with Crippen LogP contribution in [0.1, 0.15) is 45.1 Å². The summed E-state index contributed by atoms with van der Waals surface area (Å²) >= 11 is 0. The highest BCUT2D eigenvalue weighted by Crippen LogP contribution is 2.33. The summed E-state index contributed by atoms with van der Waals surface area (Å²) < 4.78 is 1.91. The molecule has 1 aliphatic carbocycles. The van der Waals surface area contributed by atoms with E-state index in [1.807, 2.05) is 17.6 Å². The standard InChI is InChI=1S/C18H19N3O/c1-11-14-5-3-4-6-17(14)21-16(11)8-7-13(18(21)22)9-15-12(2)19-10-20-15/h4,6-8,10,13H,3,5,9H2,1-2H3,(H,19,20). The summed E-state index contributed by atoms with van der Waals surface area (Å²) in [4.78, 5) is 20.4. The second-order valence-corrected chi connectivity index (χ2v) is 6.13. The molecular weight excluding hydrogens is 274 g/mol. The number of H-pyrrole nitrogens is 1. The minimum absolute atomic E-state index is 0.138. The van der Waals surface area contributed by atoms with Crippen LogP contribution in [0.15, 0.2) is 18.5 Å². The lowest BCUT2D eigenvalue weighted by atomic mass is 9.97. The molecule has 0 bridgehead atoms. The van der Waals surface area contributed by atoms with Gasteiger partial charge in [-0.2, -0.15) is 0 Å². The van der Waals surface area contributed by atoms with Crippen molar-refractivity contribution in [3.63, 3.8) is 0 Å². The second-order valence-electron chi connectivity index (χ2n) is 6.13. The van der Waals surface area contributed by atoms with E-state index in [4.69, 9.17) is 0 Å². The number of fused-ring (bicyclic) bond motifs is 3. The number of hydrogen-bond donors (Lipinski definition) is 1. The van der Waals surface area contributed by atoms with Crippen molar-refractivity contribution < 1.29 is 4.79 Å². The van der Waals surface area contributed by atoms with E-state index in [1.165, 1.54) is 11.1 Å². The molecule has 4 heteroatoms. The average Bonchev–Trinajstić information content (AvgIpc) is 3.05. The monoisotopic (exact) mass is 293 g/mol. The topological polar surface area (TPSA) is 50.7 Å². The summed E-state index contributed by atoms with van der Waals surface area (Å²) in [7, 11) is 0. The molecule has 4 rings (SSSR count). The minimum atomic E-state index is -0.138. The van der Waals surface area contributed by atoms with Gasteiger partial charge in [-0.15, -0.1) is 0 Å². The largest absolute Gasteiger partial charge is 0.348 e. The van der Waals surface area contributed by atoms with Crippen LogP contribution < -0.4 is 0 Å². The first-order valence-corrected chi connectivity index (χ1v) is 7.79. The zero-order valence-corrected chi connectivity index (χ0v) is 12.9. The number of aromatic nitrogens is 3. The van der Waals surface area contributed by atoms with Crippen molar-refractivity contribution in [2.45, 2.75) is 33.1 Å². The van der Waals surface area contributed by atoms with Crippen molar-refractivity contribution in [3.8, 4) is 0 Å². The zero-order valence-electron chi connectivity index (χ0n) is 12.9. The first-order valence-electron chi connectivity index (χ1n) is 7.79. The van der Waals surface area contributed by atoms with Gasteiger partial charge in [0, 0.05) is 12.1 Å². The highest BCUT2D eigenvalue weighted by atomic mass is 16.2. The molecule has 2 aromatic rings. The zero-order chi connectivity index (χ0) is 15.3. The molecule has 0 saturated heterocycles. The quantitative estimate of drug-likeness (QED) is 0.923. The Labute approximate surface area is 129 Å². The molecule has 2 aromatic heterocycles. The lowest BCUT2D eigenvalue weighted by Crippen LogP contribution is -2.27. The smallest absolute Gasteiger partial charge is 0.238 e. The Hall–Kier alpha value is -2.36. The summed E-state index contributed by atoms with van der Waals surface area (Å²) in [6, 6.07) is 0. The maximum atomic E-state index is 13.0. The lowest BCUT2D eigenvalue weighted by molar-refractivity contribution is 0.0856. The number of nitrogens with one attached hydrogen (secondary N) is 1. The van der Waals surface area contributed by atoms with E-state index >= 15 is 0 Å². The van der Waals surface area contributed by atoms with Crippen LogP contribution in [0.3, 0.4) is 0 Å². The van der Waals surface area contributed by atoms with Gasteiger partial charge in [-0.25, -0.2) is 4.98 Å². The van der Waals surface area contributed by atoms with E-state index in [2.05, 4.69) is 35.1 Å². The number of imidazole rings is 1. The summed E-state index contributed by atoms with van der Waals surface area (Å²) in [6.45, 7) is 4.12. The Morgan fingerprint density at radius 1 is 1.32 bits per heavy atom. The Balaban J connectivity index is 1.75. The fourth-order valence-electron chi connectivity index (χ4n) is 3.54. The van der Waals surface area contributed by atoms with Gasteiger partial charge in [-0.05, 0) is 50.0 Å². The van der Waals surface area contributed by atoms with Gasteiger partial charge in [0.2, 0.25) is 5.91 Å². The molecule has 1 unspecified atom stereocenters. The van der Waals surface area contributed by atoms with Crippen LogP contribution in [0.4, 0.5) is 0 Å². The fourth-order valence-corrected chi connectivity index (χ4v) is 3.54. The van der Waals surface area contributed by atoms with Gasteiger partial charge in [0.1, 0.15) is 0 Å². The third-order valence-electron chi connectivity index (χ3n) is 4.84. The third kappa shape index (κ3) is 1.83. The van der Waals surface area contributed by atoms with Crippen LogP contribution in [0, 0.1) is 19.8 Å². The number of aromatic amines is 1. The number of carbonyl (C=O) groups excluding carboxylic acids is 1. The molecule has 2 aliphatic rings. The van der Waals surface area contributed by atoms with Crippen LogP contribution in [0.25, 0.3) is 12.2 Å². The molecule has 1 aliphatic heterocycles. The van der Waals surface area contributed by atoms with Crippen molar-refractivity contribution in [2.24, 2.45) is 5.92 Å². The van der Waals surface area contributed by atoms with E-state index in [0.717, 1.165) is 35.6 Å². The molecule has 0 fully saturated rings. The third-order valence-corrected chi connectivity index (χ3v) is 4.84. The summed E-state index contributed by atoms with van der Waals surface area (Å²) in [5, 5.41) is 0. The molecular formula is C18H19N3O. The highest BCUT2D eigenvalue weighted by Gasteiger charge is 2.30. The van der Waals surface area contributed by atoms with Crippen molar-refractivity contribution in [1.82, 2.24) is 14.5 Å². The normalized spacial score (nSPS) is 19.4. The van der Waals surface area contributed by atoms with Crippen LogP contribution in [0.2, 0.25) is 0 Å². The van der Waals surface area contributed by atoms with Gasteiger partial charge >= 0.3 is 0 Å². The van der Waals surface area contributed by atoms with Gasteiger partial charge in [-0.3, -0.25) is 9.36 Å². The highest BCUT2D eigenvalue weighted by molar-refractivity contribution is 5.92. The Morgan fingerprint density at radius 3 is 2.95 bits per heavy atom. The molecule has 22 heavy (non-hydrogen) atoms. The molecule has 3 heterocycles.